The van der Waals surface area contributed by atoms with E-state index in [1.807, 2.05) is 36.5 Å². The molecule has 0 radical (unpaired) electrons. The number of H-pyrrole nitrogens is 1. The largest absolute Gasteiger partial charge is 0.370 e. The molecule has 0 unspecified atom stereocenters. The lowest BCUT2D eigenvalue weighted by Gasteiger charge is -2.39. The zero-order chi connectivity index (χ0) is 21.7. The van der Waals surface area contributed by atoms with Gasteiger partial charge in [-0.25, -0.2) is 4.98 Å². The Morgan fingerprint density at radius 3 is 2.44 bits per heavy atom. The lowest BCUT2D eigenvalue weighted by Crippen LogP contribution is -2.44. The summed E-state index contributed by atoms with van der Waals surface area (Å²) in [5.74, 6) is 0.241. The minimum Gasteiger partial charge on any atom is -0.370 e. The summed E-state index contributed by atoms with van der Waals surface area (Å²) in [5, 5.41) is 8.45. The molecule has 2 aliphatic heterocycles. The van der Waals surface area contributed by atoms with Crippen molar-refractivity contribution < 1.29 is 4.79 Å². The van der Waals surface area contributed by atoms with E-state index in [4.69, 9.17) is 0 Å². The van der Waals surface area contributed by atoms with Gasteiger partial charge in [0.05, 0.1) is 17.3 Å². The third-order valence-corrected chi connectivity index (χ3v) is 7.20. The first kappa shape index (κ1) is 19.1. The summed E-state index contributed by atoms with van der Waals surface area (Å²) in [4.78, 5) is 22.8. The zero-order valence-electron chi connectivity index (χ0n) is 18.1. The number of anilines is 1. The third kappa shape index (κ3) is 2.99. The Morgan fingerprint density at radius 2 is 1.75 bits per heavy atom. The number of benzene rings is 1. The number of piperidine rings is 1. The first-order valence-electron chi connectivity index (χ1n) is 11.2. The van der Waals surface area contributed by atoms with Gasteiger partial charge in [-0.2, -0.15) is 5.10 Å². The molecular weight excluding hydrogens is 400 g/mol. The number of hydrogen-bond donors (Lipinski definition) is 2. The number of rotatable bonds is 3. The molecule has 2 saturated heterocycles. The lowest BCUT2D eigenvalue weighted by molar-refractivity contribution is -0.128. The first-order valence-corrected chi connectivity index (χ1v) is 11.2. The Labute approximate surface area is 186 Å². The van der Waals surface area contributed by atoms with Crippen LogP contribution in [-0.2, 0) is 11.8 Å². The minimum atomic E-state index is -0.174. The number of pyridine rings is 1. The monoisotopic (exact) mass is 426 g/mol. The van der Waals surface area contributed by atoms with Crippen LogP contribution in [0.15, 0.2) is 55.1 Å². The number of nitrogens with zero attached hydrogens (tertiary/aromatic N) is 4. The number of aryl methyl sites for hydroxylation is 1. The fourth-order valence-corrected chi connectivity index (χ4v) is 5.31. The van der Waals surface area contributed by atoms with Gasteiger partial charge in [-0.1, -0.05) is 24.3 Å². The maximum atomic E-state index is 12.5. The van der Waals surface area contributed by atoms with Crippen molar-refractivity contribution in [1.82, 2.24) is 25.1 Å². The van der Waals surface area contributed by atoms with Crippen molar-refractivity contribution in [2.75, 3.05) is 24.5 Å². The Morgan fingerprint density at radius 1 is 0.969 bits per heavy atom. The molecule has 2 N–H and O–H groups in total. The molecule has 1 amide bonds. The summed E-state index contributed by atoms with van der Waals surface area (Å²) in [6.45, 7) is 2.56. The normalized spacial score (nSPS) is 17.9. The highest BCUT2D eigenvalue weighted by Crippen LogP contribution is 2.43. The smallest absolute Gasteiger partial charge is 0.226 e. The molecule has 0 bridgehead atoms. The fraction of sp³-hybridized carbons (Fsp3) is 0.320. The van der Waals surface area contributed by atoms with Crippen LogP contribution in [0.25, 0.3) is 33.3 Å². The van der Waals surface area contributed by atoms with Crippen LogP contribution in [0.4, 0.5) is 5.69 Å². The van der Waals surface area contributed by atoms with Crippen LogP contribution in [0.5, 0.6) is 0 Å². The Hall–Kier alpha value is -3.61. The summed E-state index contributed by atoms with van der Waals surface area (Å²) in [6, 6.07) is 10.7. The molecule has 7 heteroatoms. The van der Waals surface area contributed by atoms with Crippen molar-refractivity contribution in [3.8, 4) is 22.3 Å². The van der Waals surface area contributed by atoms with Gasteiger partial charge in [0.15, 0.2) is 0 Å². The highest BCUT2D eigenvalue weighted by atomic mass is 16.2. The van der Waals surface area contributed by atoms with Crippen LogP contribution in [-0.4, -0.2) is 45.3 Å². The van der Waals surface area contributed by atoms with Gasteiger partial charge in [0, 0.05) is 61.8 Å². The zero-order valence-corrected chi connectivity index (χ0v) is 18.1. The van der Waals surface area contributed by atoms with E-state index in [9.17, 15) is 4.79 Å². The van der Waals surface area contributed by atoms with Crippen molar-refractivity contribution in [3.63, 3.8) is 0 Å². The molecule has 6 rings (SSSR count). The molecule has 0 saturated carbocycles. The predicted molar refractivity (Wildman–Crippen MR) is 125 cm³/mol. The topological polar surface area (TPSA) is 78.8 Å². The second-order valence-corrected chi connectivity index (χ2v) is 9.01. The van der Waals surface area contributed by atoms with Crippen molar-refractivity contribution in [2.24, 2.45) is 12.5 Å². The standard InChI is InChI=1S/C25H26N6O/c1-30-16-19(14-29-30)17-2-4-18(5-3-17)21-15-28-23-20(6-10-26-23)22(21)31-12-8-25(9-13-31)7-11-27-24(25)32/h2-6,10,14-16H,7-9,11-13H2,1H3,(H,26,28)(H,27,32). The number of carbonyl (C=O) groups is 1. The third-order valence-electron chi connectivity index (χ3n) is 7.20. The lowest BCUT2D eigenvalue weighted by atomic mass is 9.77. The molecule has 5 heterocycles. The van der Waals surface area contributed by atoms with Crippen molar-refractivity contribution in [1.29, 1.82) is 0 Å². The van der Waals surface area contributed by atoms with Gasteiger partial charge < -0.3 is 15.2 Å². The van der Waals surface area contributed by atoms with Gasteiger partial charge in [0.2, 0.25) is 5.91 Å². The maximum Gasteiger partial charge on any atom is 0.226 e. The van der Waals surface area contributed by atoms with Crippen molar-refractivity contribution in [2.45, 2.75) is 19.3 Å². The molecule has 2 aliphatic rings. The fourth-order valence-electron chi connectivity index (χ4n) is 5.31. The van der Waals surface area contributed by atoms with E-state index in [0.717, 1.165) is 72.2 Å². The average Bonchev–Trinajstić information content (AvgIpc) is 3.55. The van der Waals surface area contributed by atoms with Crippen molar-refractivity contribution >= 4 is 22.6 Å². The van der Waals surface area contributed by atoms with Gasteiger partial charge in [0.1, 0.15) is 5.65 Å². The van der Waals surface area contributed by atoms with Gasteiger partial charge in [-0.15, -0.1) is 0 Å². The number of aromatic nitrogens is 4. The van der Waals surface area contributed by atoms with E-state index in [2.05, 4.69) is 55.6 Å². The SMILES string of the molecule is Cn1cc(-c2ccc(-c3cnc4[nH]ccc4c3N3CCC4(CCNC4=O)CC3)cc2)cn1. The average molecular weight is 427 g/mol. The number of amides is 1. The van der Waals surface area contributed by atoms with E-state index in [0.29, 0.717) is 0 Å². The highest BCUT2D eigenvalue weighted by molar-refractivity contribution is 5.99. The summed E-state index contributed by atoms with van der Waals surface area (Å²) in [6.07, 6.45) is 10.6. The van der Waals surface area contributed by atoms with E-state index >= 15 is 0 Å². The Bertz CT molecular complexity index is 1290. The summed E-state index contributed by atoms with van der Waals surface area (Å²) in [5.41, 5.74) is 6.45. The Kier molecular flexibility index (Phi) is 4.31. The minimum absolute atomic E-state index is 0.174. The predicted octanol–water partition coefficient (Wildman–Crippen LogP) is 3.74. The van der Waals surface area contributed by atoms with Crippen LogP contribution < -0.4 is 10.2 Å². The van der Waals surface area contributed by atoms with Gasteiger partial charge in [-0.05, 0) is 36.5 Å². The molecular formula is C25H26N6O. The summed E-state index contributed by atoms with van der Waals surface area (Å²) < 4.78 is 1.82. The van der Waals surface area contributed by atoms with E-state index in [-0.39, 0.29) is 11.3 Å². The number of nitrogens with one attached hydrogen (secondary N) is 2. The van der Waals surface area contributed by atoms with Crippen LogP contribution in [0, 0.1) is 5.41 Å². The summed E-state index contributed by atoms with van der Waals surface area (Å²) in [7, 11) is 1.93. The first-order chi connectivity index (χ1) is 15.6. The van der Waals surface area contributed by atoms with Crippen LogP contribution in [0.1, 0.15) is 19.3 Å². The molecule has 4 aromatic rings. The molecule has 2 fully saturated rings. The van der Waals surface area contributed by atoms with Crippen LogP contribution in [0.3, 0.4) is 0 Å². The van der Waals surface area contributed by atoms with Gasteiger partial charge in [-0.3, -0.25) is 9.48 Å². The highest BCUT2D eigenvalue weighted by Gasteiger charge is 2.44. The number of fused-ring (bicyclic) bond motifs is 1. The number of hydrogen-bond acceptors (Lipinski definition) is 4. The van der Waals surface area contributed by atoms with E-state index in [1.165, 1.54) is 5.69 Å². The van der Waals surface area contributed by atoms with Crippen LogP contribution >= 0.6 is 0 Å². The second kappa shape index (κ2) is 7.22. The molecule has 0 atom stereocenters. The Balaban J connectivity index is 1.37. The molecule has 162 valence electrons. The molecule has 1 spiro atoms. The van der Waals surface area contributed by atoms with Gasteiger partial charge >= 0.3 is 0 Å². The molecule has 0 aliphatic carbocycles. The van der Waals surface area contributed by atoms with Gasteiger partial charge in [0.25, 0.3) is 0 Å². The van der Waals surface area contributed by atoms with E-state index in [1.54, 1.807) is 0 Å². The second-order valence-electron chi connectivity index (χ2n) is 9.01. The molecule has 7 nitrogen and oxygen atoms in total. The summed E-state index contributed by atoms with van der Waals surface area (Å²) >= 11 is 0. The number of aromatic amines is 1. The van der Waals surface area contributed by atoms with Crippen molar-refractivity contribution in [3.05, 3.63) is 55.1 Å². The molecule has 32 heavy (non-hydrogen) atoms. The molecule has 1 aromatic carbocycles. The number of carbonyl (C=O) groups excluding carboxylic acids is 1. The maximum absolute atomic E-state index is 12.5. The quantitative estimate of drug-likeness (QED) is 0.523. The molecule has 3 aromatic heterocycles. The van der Waals surface area contributed by atoms with Crippen LogP contribution in [0.2, 0.25) is 0 Å². The van der Waals surface area contributed by atoms with E-state index < -0.39 is 0 Å².